The van der Waals surface area contributed by atoms with Gasteiger partial charge < -0.3 is 20.8 Å². The molecule has 0 spiro atoms. The van der Waals surface area contributed by atoms with Crippen LogP contribution >= 0.6 is 0 Å². The minimum atomic E-state index is -5.08. The quantitative estimate of drug-likeness (QED) is 0.268. The third-order valence-electron chi connectivity index (χ3n) is 5.56. The molecule has 1 atom stereocenters. The van der Waals surface area contributed by atoms with Gasteiger partial charge in [-0.15, -0.1) is 0 Å². The van der Waals surface area contributed by atoms with Crippen LogP contribution in [0.3, 0.4) is 0 Å². The van der Waals surface area contributed by atoms with E-state index >= 15 is 0 Å². The molecule has 41 heavy (non-hydrogen) atoms. The van der Waals surface area contributed by atoms with E-state index in [1.807, 2.05) is 30.5 Å². The average molecular weight is 592 g/mol. The fourth-order valence-corrected chi connectivity index (χ4v) is 3.59. The second-order valence-electron chi connectivity index (χ2n) is 8.54. The molecule has 0 aliphatic carbocycles. The zero-order chi connectivity index (χ0) is 30.8. The molecule has 1 amide bonds. The van der Waals surface area contributed by atoms with Gasteiger partial charge in [0, 0.05) is 17.4 Å². The Hall–Kier alpha value is -4.47. The molecule has 222 valence electrons. The van der Waals surface area contributed by atoms with E-state index in [2.05, 4.69) is 20.8 Å². The van der Waals surface area contributed by atoms with Crippen molar-refractivity contribution in [1.29, 1.82) is 0 Å². The van der Waals surface area contributed by atoms with Crippen LogP contribution in [0.2, 0.25) is 0 Å². The number of halogens is 7. The number of carbonyl (C=O) groups is 3. The van der Waals surface area contributed by atoms with E-state index in [0.29, 0.717) is 6.42 Å². The summed E-state index contributed by atoms with van der Waals surface area (Å²) in [6.45, 7) is 0.800. The summed E-state index contributed by atoms with van der Waals surface area (Å²) in [5, 5.41) is 27.4. The van der Waals surface area contributed by atoms with Gasteiger partial charge in [-0.05, 0) is 61.2 Å². The molecule has 16 heteroatoms. The Morgan fingerprint density at radius 2 is 1.41 bits per heavy atom. The van der Waals surface area contributed by atoms with Crippen molar-refractivity contribution < 1.29 is 55.3 Å². The summed E-state index contributed by atoms with van der Waals surface area (Å²) in [7, 11) is 0. The molecule has 4 rings (SSSR count). The van der Waals surface area contributed by atoms with Crippen LogP contribution in [0.25, 0.3) is 11.1 Å². The Morgan fingerprint density at radius 3 is 1.83 bits per heavy atom. The molecule has 1 saturated heterocycles. The van der Waals surface area contributed by atoms with Gasteiger partial charge in [0.15, 0.2) is 0 Å². The van der Waals surface area contributed by atoms with Crippen molar-refractivity contribution >= 4 is 23.5 Å². The van der Waals surface area contributed by atoms with Crippen molar-refractivity contribution in [2.24, 2.45) is 0 Å². The minimum Gasteiger partial charge on any atom is -0.475 e. The normalized spacial score (nSPS) is 16.5. The maximum Gasteiger partial charge on any atom is 0.490 e. The van der Waals surface area contributed by atoms with E-state index in [4.69, 9.17) is 19.8 Å². The molecule has 3 aromatic rings. The monoisotopic (exact) mass is 592 g/mol. The molecule has 1 fully saturated rings. The largest absolute Gasteiger partial charge is 0.490 e. The fraction of sp³-hybridized carbons (Fsp3) is 0.280. The number of aromatic amines is 1. The summed E-state index contributed by atoms with van der Waals surface area (Å²) < 4.78 is 76.6. The number of benzene rings is 2. The second-order valence-corrected chi connectivity index (χ2v) is 8.54. The predicted octanol–water partition coefficient (Wildman–Crippen LogP) is 4.79. The van der Waals surface area contributed by atoms with Crippen LogP contribution in [0.4, 0.5) is 36.4 Å². The summed E-state index contributed by atoms with van der Waals surface area (Å²) in [6.07, 6.45) is -4.36. The molecule has 1 aliphatic rings. The Morgan fingerprint density at radius 1 is 0.878 bits per heavy atom. The lowest BCUT2D eigenvalue weighted by Crippen LogP contribution is -2.52. The first kappa shape index (κ1) is 32.7. The molecule has 0 saturated carbocycles. The number of H-pyrrole nitrogens is 1. The highest BCUT2D eigenvalue weighted by atomic mass is 19.4. The number of hydrogen-bond acceptors (Lipinski definition) is 5. The summed E-state index contributed by atoms with van der Waals surface area (Å²) in [4.78, 5) is 30.9. The Labute approximate surface area is 227 Å². The first-order valence-corrected chi connectivity index (χ1v) is 11.5. The number of aliphatic carboxylic acids is 2. The first-order chi connectivity index (χ1) is 19.0. The van der Waals surface area contributed by atoms with Crippen molar-refractivity contribution in [3.8, 4) is 11.1 Å². The number of hydrogen-bond donors (Lipinski definition) is 5. The standard InChI is InChI=1S/C21H21FN4O.2C2HF3O2/c22-18-6-2-15(3-7-18)12-21(10-1-11-23-21)20(27)26-19-8-4-16(5-9-19)17-13-24-25-14-17;2*3-2(4,5)1(6)7/h2-9,13-14,23H,1,10-12H2,(H,24,25)(H,26,27);2*(H,6,7)/t21-;;/m1../s1. The smallest absolute Gasteiger partial charge is 0.475 e. The summed E-state index contributed by atoms with van der Waals surface area (Å²) in [5.74, 6) is -5.84. The van der Waals surface area contributed by atoms with E-state index in [1.54, 1.807) is 18.3 Å². The van der Waals surface area contributed by atoms with Crippen molar-refractivity contribution in [2.45, 2.75) is 37.2 Å². The van der Waals surface area contributed by atoms with Crippen molar-refractivity contribution in [2.75, 3.05) is 11.9 Å². The summed E-state index contributed by atoms with van der Waals surface area (Å²) in [5.41, 5.74) is 3.05. The summed E-state index contributed by atoms with van der Waals surface area (Å²) in [6, 6.07) is 14.0. The van der Waals surface area contributed by atoms with Gasteiger partial charge in [-0.25, -0.2) is 14.0 Å². The lowest BCUT2D eigenvalue weighted by atomic mass is 9.88. The van der Waals surface area contributed by atoms with Crippen molar-refractivity contribution in [1.82, 2.24) is 15.5 Å². The van der Waals surface area contributed by atoms with E-state index in [9.17, 15) is 35.5 Å². The molecule has 1 aliphatic heterocycles. The third-order valence-corrected chi connectivity index (χ3v) is 5.56. The number of nitrogens with zero attached hydrogens (tertiary/aromatic N) is 1. The second kappa shape index (κ2) is 13.7. The number of carboxylic acid groups (broad SMARTS) is 2. The van der Waals surface area contributed by atoms with Gasteiger partial charge in [-0.1, -0.05) is 24.3 Å². The molecular weight excluding hydrogens is 569 g/mol. The lowest BCUT2D eigenvalue weighted by Gasteiger charge is -2.28. The predicted molar refractivity (Wildman–Crippen MR) is 130 cm³/mol. The molecule has 0 bridgehead atoms. The molecule has 0 radical (unpaired) electrons. The Bertz CT molecular complexity index is 1260. The first-order valence-electron chi connectivity index (χ1n) is 11.5. The van der Waals surface area contributed by atoms with Crippen LogP contribution in [0.15, 0.2) is 60.9 Å². The molecule has 9 nitrogen and oxygen atoms in total. The lowest BCUT2D eigenvalue weighted by molar-refractivity contribution is -0.193. The van der Waals surface area contributed by atoms with Crippen LogP contribution in [0, 0.1) is 5.82 Å². The van der Waals surface area contributed by atoms with Gasteiger partial charge in [-0.2, -0.15) is 31.4 Å². The minimum absolute atomic E-state index is 0.0552. The van der Waals surface area contributed by atoms with Crippen LogP contribution in [-0.4, -0.2) is 62.7 Å². The molecular formula is C25H23F7N4O5. The molecule has 2 aromatic carbocycles. The molecule has 2 heterocycles. The Balaban J connectivity index is 0.000000349. The Kier molecular flexibility index (Phi) is 11.0. The third kappa shape index (κ3) is 10.2. The number of rotatable bonds is 5. The average Bonchev–Trinajstić information content (AvgIpc) is 3.59. The molecule has 1 aromatic heterocycles. The van der Waals surface area contributed by atoms with Gasteiger partial charge in [0.05, 0.1) is 6.20 Å². The van der Waals surface area contributed by atoms with E-state index in [0.717, 1.165) is 41.8 Å². The maximum absolute atomic E-state index is 13.2. The number of carboxylic acids is 2. The van der Waals surface area contributed by atoms with E-state index in [1.165, 1.54) is 12.1 Å². The topological polar surface area (TPSA) is 144 Å². The number of aromatic nitrogens is 2. The van der Waals surface area contributed by atoms with Crippen LogP contribution in [0.1, 0.15) is 18.4 Å². The summed E-state index contributed by atoms with van der Waals surface area (Å²) >= 11 is 0. The van der Waals surface area contributed by atoms with Crippen LogP contribution < -0.4 is 10.6 Å². The van der Waals surface area contributed by atoms with Gasteiger partial charge in [0.2, 0.25) is 5.91 Å². The van der Waals surface area contributed by atoms with Gasteiger partial charge in [0.25, 0.3) is 0 Å². The number of nitrogens with one attached hydrogen (secondary N) is 3. The zero-order valence-corrected chi connectivity index (χ0v) is 20.8. The van der Waals surface area contributed by atoms with E-state index < -0.39 is 29.8 Å². The fourth-order valence-electron chi connectivity index (χ4n) is 3.59. The molecule has 0 unspecified atom stereocenters. The number of alkyl halides is 6. The molecule has 5 N–H and O–H groups in total. The zero-order valence-electron chi connectivity index (χ0n) is 20.8. The number of amides is 1. The van der Waals surface area contributed by atoms with E-state index in [-0.39, 0.29) is 11.7 Å². The highest BCUT2D eigenvalue weighted by Crippen LogP contribution is 2.27. The van der Waals surface area contributed by atoms with Crippen molar-refractivity contribution in [3.63, 3.8) is 0 Å². The van der Waals surface area contributed by atoms with Crippen LogP contribution in [0.5, 0.6) is 0 Å². The maximum atomic E-state index is 13.2. The van der Waals surface area contributed by atoms with Crippen LogP contribution in [-0.2, 0) is 20.8 Å². The number of anilines is 1. The van der Waals surface area contributed by atoms with Gasteiger partial charge >= 0.3 is 24.3 Å². The van der Waals surface area contributed by atoms with Gasteiger partial charge in [0.1, 0.15) is 11.4 Å². The highest BCUT2D eigenvalue weighted by molar-refractivity contribution is 5.98. The number of carbonyl (C=O) groups excluding carboxylic acids is 1. The SMILES string of the molecule is O=C(Nc1ccc(-c2cn[nH]c2)cc1)[C@]1(Cc2ccc(F)cc2)CCCN1.O=C(O)C(F)(F)F.O=C(O)C(F)(F)F. The van der Waals surface area contributed by atoms with Gasteiger partial charge in [-0.3, -0.25) is 9.89 Å². The highest BCUT2D eigenvalue weighted by Gasteiger charge is 2.41. The van der Waals surface area contributed by atoms with Crippen molar-refractivity contribution in [3.05, 3.63) is 72.3 Å².